The van der Waals surface area contributed by atoms with Gasteiger partial charge < -0.3 is 25.2 Å². The Kier molecular flexibility index (Phi) is 6.99. The maximum Gasteiger partial charge on any atom is 0.262 e. The number of halogens is 2. The van der Waals surface area contributed by atoms with Crippen molar-refractivity contribution >= 4 is 34.3 Å². The SMILES string of the molecule is C=C(CCNC(=O)[C@H]1C[C@@H](O)c2cc(Cl)ccc2O1)NC(=O)COc1cc(F)c2cn[nH]c2c1. The Morgan fingerprint density at radius 2 is 2.18 bits per heavy atom. The summed E-state index contributed by atoms with van der Waals surface area (Å²) in [5.74, 6) is -0.787. The number of hydrogen-bond donors (Lipinski definition) is 4. The fourth-order valence-electron chi connectivity index (χ4n) is 3.54. The molecule has 0 fully saturated rings. The molecule has 0 spiro atoms. The molecule has 3 aromatic rings. The summed E-state index contributed by atoms with van der Waals surface area (Å²) in [7, 11) is 0. The molecule has 2 heterocycles. The summed E-state index contributed by atoms with van der Waals surface area (Å²) < 4.78 is 25.0. The molecule has 34 heavy (non-hydrogen) atoms. The van der Waals surface area contributed by atoms with Gasteiger partial charge in [0, 0.05) is 47.8 Å². The first-order valence-corrected chi connectivity index (χ1v) is 10.8. The standard InChI is InChI=1S/C23H22ClFN4O5/c1-12(28-22(31)11-33-14-7-17(25)16-10-27-29-18(16)8-14)4-5-26-23(32)21-9-19(30)15-6-13(24)2-3-20(15)34-21/h2-3,6-8,10,19,21,30H,1,4-5,9,11H2,(H,26,32)(H,27,29)(H,28,31)/t19-,21-/m1/s1. The Balaban J connectivity index is 1.19. The van der Waals surface area contributed by atoms with Crippen molar-refractivity contribution in [2.75, 3.05) is 13.2 Å². The predicted molar refractivity (Wildman–Crippen MR) is 122 cm³/mol. The van der Waals surface area contributed by atoms with Gasteiger partial charge in [-0.1, -0.05) is 18.2 Å². The van der Waals surface area contributed by atoms with Gasteiger partial charge in [0.2, 0.25) is 0 Å². The van der Waals surface area contributed by atoms with E-state index in [4.69, 9.17) is 21.1 Å². The number of benzene rings is 2. The molecule has 4 rings (SSSR count). The molecule has 0 saturated carbocycles. The highest BCUT2D eigenvalue weighted by molar-refractivity contribution is 6.30. The molecule has 0 bridgehead atoms. The summed E-state index contributed by atoms with van der Waals surface area (Å²) in [6.07, 6.45) is 0.0104. The minimum absolute atomic E-state index is 0.0964. The normalized spacial score (nSPS) is 16.9. The highest BCUT2D eigenvalue weighted by Crippen LogP contribution is 2.36. The van der Waals surface area contributed by atoms with Crippen molar-refractivity contribution < 1.29 is 28.6 Å². The number of nitrogens with one attached hydrogen (secondary N) is 3. The van der Waals surface area contributed by atoms with Gasteiger partial charge in [0.25, 0.3) is 11.8 Å². The number of carbonyl (C=O) groups excluding carboxylic acids is 2. The van der Waals surface area contributed by atoms with Gasteiger partial charge in [-0.25, -0.2) is 4.39 Å². The van der Waals surface area contributed by atoms with E-state index >= 15 is 0 Å². The lowest BCUT2D eigenvalue weighted by Gasteiger charge is -2.29. The van der Waals surface area contributed by atoms with E-state index in [0.717, 1.165) is 0 Å². The van der Waals surface area contributed by atoms with Crippen LogP contribution in [0.5, 0.6) is 11.5 Å². The van der Waals surface area contributed by atoms with Gasteiger partial charge in [-0.3, -0.25) is 14.7 Å². The molecule has 11 heteroatoms. The molecular formula is C23H22ClFN4O5. The van der Waals surface area contributed by atoms with Crippen molar-refractivity contribution in [1.29, 1.82) is 0 Å². The first-order valence-electron chi connectivity index (χ1n) is 10.4. The summed E-state index contributed by atoms with van der Waals surface area (Å²) in [5.41, 5.74) is 1.37. The van der Waals surface area contributed by atoms with Crippen molar-refractivity contribution in [1.82, 2.24) is 20.8 Å². The molecule has 178 valence electrons. The summed E-state index contributed by atoms with van der Waals surface area (Å²) in [6, 6.07) is 7.56. The number of aliphatic hydroxyl groups excluding tert-OH is 1. The second-order valence-electron chi connectivity index (χ2n) is 7.76. The van der Waals surface area contributed by atoms with Crippen molar-refractivity contribution in [3.8, 4) is 11.5 Å². The first kappa shape index (κ1) is 23.5. The van der Waals surface area contributed by atoms with E-state index in [1.165, 1.54) is 12.3 Å². The molecule has 1 aromatic heterocycles. The number of aromatic nitrogens is 2. The number of amides is 2. The zero-order valence-corrected chi connectivity index (χ0v) is 18.7. The molecule has 1 aliphatic rings. The summed E-state index contributed by atoms with van der Waals surface area (Å²) in [6.45, 7) is 3.61. The van der Waals surface area contributed by atoms with Crippen LogP contribution < -0.4 is 20.1 Å². The Morgan fingerprint density at radius 1 is 1.35 bits per heavy atom. The Hall–Kier alpha value is -3.63. The number of aromatic amines is 1. The molecule has 0 unspecified atom stereocenters. The molecular weight excluding hydrogens is 467 g/mol. The van der Waals surface area contributed by atoms with Gasteiger partial charge in [0.1, 0.15) is 17.3 Å². The van der Waals surface area contributed by atoms with Gasteiger partial charge in [-0.15, -0.1) is 0 Å². The maximum absolute atomic E-state index is 13.9. The molecule has 2 amide bonds. The van der Waals surface area contributed by atoms with Gasteiger partial charge in [-0.2, -0.15) is 5.10 Å². The quantitative estimate of drug-likeness (QED) is 0.386. The number of aliphatic hydroxyl groups is 1. The largest absolute Gasteiger partial charge is 0.484 e. The third-order valence-electron chi connectivity index (χ3n) is 5.22. The Bertz CT molecular complexity index is 1250. The average molecular weight is 489 g/mol. The number of ether oxygens (including phenoxy) is 2. The number of fused-ring (bicyclic) bond motifs is 2. The molecule has 9 nitrogen and oxygen atoms in total. The number of rotatable bonds is 8. The predicted octanol–water partition coefficient (Wildman–Crippen LogP) is 2.76. The van der Waals surface area contributed by atoms with Crippen molar-refractivity contribution in [3.63, 3.8) is 0 Å². The number of nitrogens with zero attached hydrogens (tertiary/aromatic N) is 1. The van der Waals surface area contributed by atoms with E-state index in [1.54, 1.807) is 24.3 Å². The van der Waals surface area contributed by atoms with E-state index in [9.17, 15) is 19.1 Å². The topological polar surface area (TPSA) is 126 Å². The second kappa shape index (κ2) is 10.1. The minimum atomic E-state index is -0.866. The zero-order chi connectivity index (χ0) is 24.2. The van der Waals surface area contributed by atoms with Crippen molar-refractivity contribution in [3.05, 3.63) is 65.2 Å². The summed E-state index contributed by atoms with van der Waals surface area (Å²) >= 11 is 5.94. The zero-order valence-electron chi connectivity index (χ0n) is 17.9. The molecule has 0 aliphatic carbocycles. The van der Waals surface area contributed by atoms with Crippen LogP contribution in [-0.4, -0.2) is 46.4 Å². The smallest absolute Gasteiger partial charge is 0.262 e. The lowest BCUT2D eigenvalue weighted by Crippen LogP contribution is -2.42. The lowest BCUT2D eigenvalue weighted by atomic mass is 9.98. The molecule has 1 aliphatic heterocycles. The van der Waals surface area contributed by atoms with Gasteiger partial charge >= 0.3 is 0 Å². The maximum atomic E-state index is 13.9. The number of carbonyl (C=O) groups is 2. The Labute approximate surface area is 198 Å². The first-order chi connectivity index (χ1) is 16.3. The van der Waals surface area contributed by atoms with Crippen LogP contribution in [0.4, 0.5) is 4.39 Å². The van der Waals surface area contributed by atoms with Crippen molar-refractivity contribution in [2.45, 2.75) is 25.0 Å². The van der Waals surface area contributed by atoms with E-state index in [1.807, 2.05) is 0 Å². The fourth-order valence-corrected chi connectivity index (χ4v) is 3.72. The van der Waals surface area contributed by atoms with Crippen LogP contribution in [0, 0.1) is 5.82 Å². The van der Waals surface area contributed by atoms with Crippen LogP contribution >= 0.6 is 11.6 Å². The molecule has 2 aromatic carbocycles. The van der Waals surface area contributed by atoms with Gasteiger partial charge in [0.15, 0.2) is 12.7 Å². The van der Waals surface area contributed by atoms with Gasteiger partial charge in [-0.05, 0) is 18.2 Å². The van der Waals surface area contributed by atoms with Crippen LogP contribution in [0.2, 0.25) is 5.02 Å². The van der Waals surface area contributed by atoms with E-state index in [2.05, 4.69) is 27.4 Å². The number of hydrogen-bond acceptors (Lipinski definition) is 6. The molecule has 0 saturated heterocycles. The summed E-state index contributed by atoms with van der Waals surface area (Å²) in [4.78, 5) is 24.5. The fraction of sp³-hybridized carbons (Fsp3) is 0.261. The van der Waals surface area contributed by atoms with Crippen LogP contribution in [-0.2, 0) is 9.59 Å². The second-order valence-corrected chi connectivity index (χ2v) is 8.19. The van der Waals surface area contributed by atoms with E-state index in [0.29, 0.717) is 32.9 Å². The van der Waals surface area contributed by atoms with E-state index in [-0.39, 0.29) is 31.7 Å². The third-order valence-corrected chi connectivity index (χ3v) is 5.46. The number of H-pyrrole nitrogens is 1. The minimum Gasteiger partial charge on any atom is -0.484 e. The van der Waals surface area contributed by atoms with Crippen LogP contribution in [0.3, 0.4) is 0 Å². The highest BCUT2D eigenvalue weighted by Gasteiger charge is 2.31. The molecule has 4 N–H and O–H groups in total. The average Bonchev–Trinajstić information content (AvgIpc) is 3.27. The Morgan fingerprint density at radius 3 is 3.00 bits per heavy atom. The molecule has 2 atom stereocenters. The summed E-state index contributed by atoms with van der Waals surface area (Å²) in [5, 5.41) is 22.8. The van der Waals surface area contributed by atoms with E-state index < -0.39 is 29.8 Å². The van der Waals surface area contributed by atoms with Crippen LogP contribution in [0.15, 0.2) is 48.8 Å². The lowest BCUT2D eigenvalue weighted by molar-refractivity contribution is -0.130. The van der Waals surface area contributed by atoms with Crippen LogP contribution in [0.25, 0.3) is 10.9 Å². The van der Waals surface area contributed by atoms with Gasteiger partial charge in [0.05, 0.1) is 23.2 Å². The highest BCUT2D eigenvalue weighted by atomic mass is 35.5. The van der Waals surface area contributed by atoms with Crippen LogP contribution in [0.1, 0.15) is 24.5 Å². The van der Waals surface area contributed by atoms with Crippen molar-refractivity contribution in [2.24, 2.45) is 0 Å². The monoisotopic (exact) mass is 488 g/mol. The third kappa shape index (κ3) is 5.46. The molecule has 0 radical (unpaired) electrons.